The molecule has 0 saturated heterocycles. The molecule has 0 radical (unpaired) electrons. The van der Waals surface area contributed by atoms with Crippen molar-refractivity contribution in [3.8, 4) is 0 Å². The average molecular weight is 309 g/mol. The molecule has 0 bridgehead atoms. The lowest BCUT2D eigenvalue weighted by molar-refractivity contribution is -0.136. The van der Waals surface area contributed by atoms with Gasteiger partial charge in [-0.2, -0.15) is 0 Å². The zero-order chi connectivity index (χ0) is 15.3. The third-order valence-corrected chi connectivity index (χ3v) is 3.04. The molecule has 0 aliphatic carbocycles. The number of carboxylic acids is 1. The van der Waals surface area contributed by atoms with Crippen LogP contribution in [0.15, 0.2) is 11.6 Å². The first-order valence-electron chi connectivity index (χ1n) is 6.21. The lowest BCUT2D eigenvalue weighted by Gasteiger charge is -2.32. The van der Waals surface area contributed by atoms with Crippen LogP contribution in [0.1, 0.15) is 27.7 Å². The number of rotatable bonds is 6. The van der Waals surface area contributed by atoms with Crippen molar-refractivity contribution in [1.82, 2.24) is 4.90 Å². The summed E-state index contributed by atoms with van der Waals surface area (Å²) < 4.78 is 0. The minimum atomic E-state index is -1.02. The first-order valence-corrected chi connectivity index (χ1v) is 6.21. The first kappa shape index (κ1) is 21.2. The van der Waals surface area contributed by atoms with Crippen LogP contribution in [0, 0.1) is 5.92 Å². The molecule has 6 nitrogen and oxygen atoms in total. The minimum absolute atomic E-state index is 0. The van der Waals surface area contributed by atoms with Gasteiger partial charge in [0.2, 0.25) is 5.91 Å². The van der Waals surface area contributed by atoms with Crippen LogP contribution < -0.4 is 5.73 Å². The van der Waals surface area contributed by atoms with E-state index in [1.807, 2.05) is 13.8 Å². The summed E-state index contributed by atoms with van der Waals surface area (Å²) in [6.07, 6.45) is 0.576. The highest BCUT2D eigenvalue weighted by atomic mass is 35.5. The van der Waals surface area contributed by atoms with E-state index in [0.29, 0.717) is 0 Å². The summed E-state index contributed by atoms with van der Waals surface area (Å²) >= 11 is 0. The third kappa shape index (κ3) is 5.90. The molecule has 0 heterocycles. The van der Waals surface area contributed by atoms with E-state index in [9.17, 15) is 14.7 Å². The predicted molar refractivity (Wildman–Crippen MR) is 79.7 cm³/mol. The van der Waals surface area contributed by atoms with Crippen molar-refractivity contribution in [3.63, 3.8) is 0 Å². The van der Waals surface area contributed by atoms with Gasteiger partial charge in [0, 0.05) is 12.6 Å². The molecule has 0 aromatic heterocycles. The fourth-order valence-electron chi connectivity index (χ4n) is 1.67. The number of nitrogens with zero attached hydrogens (tertiary/aromatic N) is 1. The van der Waals surface area contributed by atoms with E-state index in [2.05, 4.69) is 0 Å². The van der Waals surface area contributed by atoms with Crippen molar-refractivity contribution in [1.29, 1.82) is 0 Å². The van der Waals surface area contributed by atoms with E-state index >= 15 is 0 Å². The Labute approximate surface area is 126 Å². The summed E-state index contributed by atoms with van der Waals surface area (Å²) in [5.41, 5.74) is 5.78. The van der Waals surface area contributed by atoms with E-state index in [1.165, 1.54) is 24.8 Å². The van der Waals surface area contributed by atoms with Gasteiger partial charge in [0.15, 0.2) is 0 Å². The van der Waals surface area contributed by atoms with E-state index in [1.54, 1.807) is 7.05 Å². The van der Waals surface area contributed by atoms with Gasteiger partial charge in [0.1, 0.15) is 6.04 Å². The fourth-order valence-corrected chi connectivity index (χ4v) is 1.67. The highest BCUT2D eigenvalue weighted by molar-refractivity contribution is 5.86. The molecular formula is C13H25ClN2O4. The van der Waals surface area contributed by atoms with Crippen LogP contribution in [-0.2, 0) is 9.59 Å². The lowest BCUT2D eigenvalue weighted by Crippen LogP contribution is -2.51. The van der Waals surface area contributed by atoms with E-state index in [-0.39, 0.29) is 29.9 Å². The molecule has 0 aromatic carbocycles. The van der Waals surface area contributed by atoms with Gasteiger partial charge < -0.3 is 20.8 Å². The SMILES string of the molecule is CC(=C[C@H](C(C)C)N(C)C(=O)[C@@H](N)[C@H](C)O)C(=O)O.Cl. The number of aliphatic carboxylic acids is 1. The molecule has 20 heavy (non-hydrogen) atoms. The van der Waals surface area contributed by atoms with Crippen LogP contribution in [0.4, 0.5) is 0 Å². The van der Waals surface area contributed by atoms with Crippen LogP contribution in [-0.4, -0.2) is 52.2 Å². The molecular weight excluding hydrogens is 284 g/mol. The summed E-state index contributed by atoms with van der Waals surface area (Å²) in [5.74, 6) is -1.40. The van der Waals surface area contributed by atoms with Crippen molar-refractivity contribution in [3.05, 3.63) is 11.6 Å². The number of carbonyl (C=O) groups is 2. The quantitative estimate of drug-likeness (QED) is 0.624. The number of nitrogens with two attached hydrogens (primary N) is 1. The average Bonchev–Trinajstić information content (AvgIpc) is 2.31. The van der Waals surface area contributed by atoms with Gasteiger partial charge in [-0.1, -0.05) is 19.9 Å². The van der Waals surface area contributed by atoms with Gasteiger partial charge in [-0.05, 0) is 19.8 Å². The highest BCUT2D eigenvalue weighted by Gasteiger charge is 2.28. The molecule has 0 saturated carbocycles. The Morgan fingerprint density at radius 2 is 1.70 bits per heavy atom. The third-order valence-electron chi connectivity index (χ3n) is 3.04. The maximum absolute atomic E-state index is 12.0. The van der Waals surface area contributed by atoms with Crippen LogP contribution in [0.25, 0.3) is 0 Å². The fraction of sp³-hybridized carbons (Fsp3) is 0.692. The standard InChI is InChI=1S/C13H24N2O4.ClH/c1-7(2)10(6-8(3)13(18)19)15(5)12(17)11(14)9(4)16;/h6-7,9-11,16H,14H2,1-5H3,(H,18,19);1H/t9-,10+,11-;/m0./s1. The topological polar surface area (TPSA) is 104 Å². The summed E-state index contributed by atoms with van der Waals surface area (Å²) in [6, 6.07) is -1.39. The van der Waals surface area contributed by atoms with Crippen LogP contribution in [0.2, 0.25) is 0 Å². The number of hydrogen-bond acceptors (Lipinski definition) is 4. The van der Waals surface area contributed by atoms with E-state index < -0.39 is 24.0 Å². The van der Waals surface area contributed by atoms with Crippen LogP contribution >= 0.6 is 12.4 Å². The molecule has 118 valence electrons. The van der Waals surface area contributed by atoms with E-state index in [4.69, 9.17) is 10.8 Å². The summed E-state index contributed by atoms with van der Waals surface area (Å²) in [4.78, 5) is 24.3. The molecule has 0 aromatic rings. The summed E-state index contributed by atoms with van der Waals surface area (Å²) in [5, 5.41) is 18.2. The van der Waals surface area contributed by atoms with Crippen LogP contribution in [0.5, 0.6) is 0 Å². The summed E-state index contributed by atoms with van der Waals surface area (Å²) in [7, 11) is 1.56. The number of carboxylic acid groups (broad SMARTS) is 1. The van der Waals surface area contributed by atoms with Crippen LogP contribution in [0.3, 0.4) is 0 Å². The van der Waals surface area contributed by atoms with Gasteiger partial charge in [-0.3, -0.25) is 4.79 Å². The van der Waals surface area contributed by atoms with Crippen molar-refractivity contribution in [2.24, 2.45) is 11.7 Å². The second-order valence-corrected chi connectivity index (χ2v) is 5.10. The van der Waals surface area contributed by atoms with Gasteiger partial charge in [-0.25, -0.2) is 4.79 Å². The number of amides is 1. The zero-order valence-electron chi connectivity index (χ0n) is 12.5. The molecule has 0 rings (SSSR count). The molecule has 1 amide bonds. The van der Waals surface area contributed by atoms with E-state index in [0.717, 1.165) is 0 Å². The molecule has 0 fully saturated rings. The lowest BCUT2D eigenvalue weighted by atomic mass is 9.99. The molecule has 4 N–H and O–H groups in total. The Bertz CT molecular complexity index is 369. The number of halogens is 1. The zero-order valence-corrected chi connectivity index (χ0v) is 13.3. The second-order valence-electron chi connectivity index (χ2n) is 5.10. The number of aliphatic hydroxyl groups is 1. The molecule has 0 aliphatic rings. The maximum Gasteiger partial charge on any atom is 0.331 e. The van der Waals surface area contributed by atoms with Crippen molar-refractivity contribution in [2.45, 2.75) is 45.9 Å². The van der Waals surface area contributed by atoms with Gasteiger partial charge in [0.25, 0.3) is 0 Å². The first-order chi connectivity index (χ1) is 8.59. The Balaban J connectivity index is 0. The predicted octanol–water partition coefficient (Wildman–Crippen LogP) is 0.630. The van der Waals surface area contributed by atoms with Crippen molar-refractivity contribution in [2.75, 3.05) is 7.05 Å². The summed E-state index contributed by atoms with van der Waals surface area (Å²) in [6.45, 7) is 6.69. The van der Waals surface area contributed by atoms with Crippen molar-refractivity contribution >= 4 is 24.3 Å². The molecule has 0 spiro atoms. The number of aliphatic hydroxyl groups excluding tert-OH is 1. The van der Waals surface area contributed by atoms with Gasteiger partial charge >= 0.3 is 5.97 Å². The molecule has 0 aliphatic heterocycles. The number of carbonyl (C=O) groups excluding carboxylic acids is 1. The Morgan fingerprint density at radius 3 is 2.00 bits per heavy atom. The maximum atomic E-state index is 12.0. The Hall–Kier alpha value is -1.11. The normalized spacial score (nSPS) is 16.1. The van der Waals surface area contributed by atoms with Crippen molar-refractivity contribution < 1.29 is 19.8 Å². The monoisotopic (exact) mass is 308 g/mol. The smallest absolute Gasteiger partial charge is 0.331 e. The highest BCUT2D eigenvalue weighted by Crippen LogP contribution is 2.14. The van der Waals surface area contributed by atoms with Gasteiger partial charge in [-0.15, -0.1) is 12.4 Å². The molecule has 7 heteroatoms. The molecule has 0 unspecified atom stereocenters. The van der Waals surface area contributed by atoms with Gasteiger partial charge in [0.05, 0.1) is 12.1 Å². The minimum Gasteiger partial charge on any atom is -0.478 e. The Kier molecular flexibility index (Phi) is 9.48. The number of hydrogen-bond donors (Lipinski definition) is 3. The Morgan fingerprint density at radius 1 is 1.25 bits per heavy atom. The molecule has 3 atom stereocenters. The second kappa shape index (κ2) is 8.94. The largest absolute Gasteiger partial charge is 0.478 e. The number of likely N-dealkylation sites (N-methyl/N-ethyl adjacent to an activating group) is 1.